The van der Waals surface area contributed by atoms with Crippen molar-refractivity contribution in [3.63, 3.8) is 0 Å². The number of halogens is 3. The first-order chi connectivity index (χ1) is 9.41. The minimum Gasteiger partial charge on any atom is -0.388 e. The van der Waals surface area contributed by atoms with Crippen LogP contribution < -0.4 is 4.90 Å². The summed E-state index contributed by atoms with van der Waals surface area (Å²) in [5.74, 6) is -1.17. The molecule has 112 valence electrons. The standard InChI is InChI=1S/C15H20F3NO/c1-2-14(20)11-3-5-13(6-4-11)19-9-7-12(8-10-19)15(16,17)18/h3-6,12,14,20H,2,7-10H2,1H3/t14-/m1/s1. The Balaban J connectivity index is 1.97. The number of alkyl halides is 3. The number of benzene rings is 1. The van der Waals surface area contributed by atoms with Crippen molar-refractivity contribution in [3.05, 3.63) is 29.8 Å². The molecule has 0 unspecified atom stereocenters. The highest BCUT2D eigenvalue weighted by molar-refractivity contribution is 5.48. The van der Waals surface area contributed by atoms with Gasteiger partial charge in [-0.15, -0.1) is 0 Å². The summed E-state index contributed by atoms with van der Waals surface area (Å²) >= 11 is 0. The van der Waals surface area contributed by atoms with Crippen LogP contribution in [0.5, 0.6) is 0 Å². The summed E-state index contributed by atoms with van der Waals surface area (Å²) in [7, 11) is 0. The van der Waals surface area contributed by atoms with Crippen molar-refractivity contribution in [1.29, 1.82) is 0 Å². The van der Waals surface area contributed by atoms with Crippen molar-refractivity contribution in [1.82, 2.24) is 0 Å². The van der Waals surface area contributed by atoms with E-state index >= 15 is 0 Å². The van der Waals surface area contributed by atoms with E-state index in [-0.39, 0.29) is 12.8 Å². The molecule has 0 bridgehead atoms. The summed E-state index contributed by atoms with van der Waals surface area (Å²) < 4.78 is 37.8. The topological polar surface area (TPSA) is 23.5 Å². The number of hydrogen-bond donors (Lipinski definition) is 1. The molecule has 20 heavy (non-hydrogen) atoms. The molecule has 0 radical (unpaired) electrons. The predicted molar refractivity (Wildman–Crippen MR) is 72.7 cm³/mol. The molecule has 2 nitrogen and oxygen atoms in total. The lowest BCUT2D eigenvalue weighted by molar-refractivity contribution is -0.179. The highest BCUT2D eigenvalue weighted by atomic mass is 19.4. The zero-order valence-corrected chi connectivity index (χ0v) is 11.5. The Hall–Kier alpha value is -1.23. The van der Waals surface area contributed by atoms with Crippen LogP contribution in [-0.4, -0.2) is 24.4 Å². The van der Waals surface area contributed by atoms with Crippen LogP contribution >= 0.6 is 0 Å². The van der Waals surface area contributed by atoms with E-state index in [4.69, 9.17) is 0 Å². The second-order valence-electron chi connectivity index (χ2n) is 5.32. The molecule has 1 aliphatic heterocycles. The van der Waals surface area contributed by atoms with Crippen molar-refractivity contribution in [2.75, 3.05) is 18.0 Å². The number of aliphatic hydroxyl groups is 1. The first-order valence-electron chi connectivity index (χ1n) is 7.01. The van der Waals surface area contributed by atoms with Crippen LogP contribution in [0.1, 0.15) is 37.9 Å². The van der Waals surface area contributed by atoms with E-state index in [9.17, 15) is 18.3 Å². The molecule has 1 aromatic carbocycles. The number of anilines is 1. The van der Waals surface area contributed by atoms with Gasteiger partial charge in [0.15, 0.2) is 0 Å². The van der Waals surface area contributed by atoms with Crippen LogP contribution in [0.3, 0.4) is 0 Å². The number of aliphatic hydroxyl groups excluding tert-OH is 1. The van der Waals surface area contributed by atoms with Gasteiger partial charge in [0, 0.05) is 18.8 Å². The third-order valence-corrected chi connectivity index (χ3v) is 3.99. The molecule has 0 aliphatic carbocycles. The third-order valence-electron chi connectivity index (χ3n) is 3.99. The van der Waals surface area contributed by atoms with Crippen molar-refractivity contribution < 1.29 is 18.3 Å². The number of rotatable bonds is 3. The maximum absolute atomic E-state index is 12.6. The molecule has 5 heteroatoms. The van der Waals surface area contributed by atoms with Gasteiger partial charge in [-0.3, -0.25) is 0 Å². The fourth-order valence-electron chi connectivity index (χ4n) is 2.61. The number of hydrogen-bond acceptors (Lipinski definition) is 2. The zero-order valence-electron chi connectivity index (χ0n) is 11.5. The molecule has 0 saturated carbocycles. The van der Waals surface area contributed by atoms with Crippen molar-refractivity contribution >= 4 is 5.69 Å². The van der Waals surface area contributed by atoms with E-state index in [1.807, 2.05) is 36.1 Å². The molecule has 1 N–H and O–H groups in total. The highest BCUT2D eigenvalue weighted by Gasteiger charge is 2.41. The van der Waals surface area contributed by atoms with Gasteiger partial charge in [0.1, 0.15) is 0 Å². The molecule has 1 aliphatic rings. The van der Waals surface area contributed by atoms with E-state index in [0.717, 1.165) is 11.3 Å². The van der Waals surface area contributed by atoms with E-state index in [1.165, 1.54) is 0 Å². The predicted octanol–water partition coefficient (Wildman–Crippen LogP) is 3.91. The Morgan fingerprint density at radius 2 is 1.75 bits per heavy atom. The van der Waals surface area contributed by atoms with E-state index in [0.29, 0.717) is 19.5 Å². The van der Waals surface area contributed by atoms with Crippen LogP contribution in [0.25, 0.3) is 0 Å². The van der Waals surface area contributed by atoms with Gasteiger partial charge in [0.2, 0.25) is 0 Å². The molecule has 2 rings (SSSR count). The summed E-state index contributed by atoms with van der Waals surface area (Å²) in [5.41, 5.74) is 1.78. The van der Waals surface area contributed by atoms with Gasteiger partial charge in [-0.25, -0.2) is 0 Å². The summed E-state index contributed by atoms with van der Waals surface area (Å²) in [6, 6.07) is 7.45. The second-order valence-corrected chi connectivity index (χ2v) is 5.32. The SMILES string of the molecule is CC[C@@H](O)c1ccc(N2CCC(C(F)(F)F)CC2)cc1. The third kappa shape index (κ3) is 3.45. The monoisotopic (exact) mass is 287 g/mol. The average Bonchev–Trinajstić information content (AvgIpc) is 2.46. The minimum absolute atomic E-state index is 0.156. The molecule has 1 fully saturated rings. The number of piperidine rings is 1. The summed E-state index contributed by atoms with van der Waals surface area (Å²) in [6.07, 6.45) is -3.58. The lowest BCUT2D eigenvalue weighted by Crippen LogP contribution is -2.38. The quantitative estimate of drug-likeness (QED) is 0.911. The Bertz CT molecular complexity index is 422. The average molecular weight is 287 g/mol. The molecule has 1 saturated heterocycles. The van der Waals surface area contributed by atoms with Gasteiger partial charge < -0.3 is 10.0 Å². The Morgan fingerprint density at radius 1 is 1.20 bits per heavy atom. The van der Waals surface area contributed by atoms with Gasteiger partial charge >= 0.3 is 6.18 Å². The molecule has 1 heterocycles. The molecule has 0 amide bonds. The lowest BCUT2D eigenvalue weighted by atomic mass is 9.95. The van der Waals surface area contributed by atoms with Crippen LogP contribution in [-0.2, 0) is 0 Å². The summed E-state index contributed by atoms with van der Waals surface area (Å²) in [6.45, 7) is 2.76. The summed E-state index contributed by atoms with van der Waals surface area (Å²) in [4.78, 5) is 1.98. The zero-order chi connectivity index (χ0) is 14.8. The van der Waals surface area contributed by atoms with Crippen molar-refractivity contribution in [2.45, 2.75) is 38.5 Å². The maximum atomic E-state index is 12.6. The Morgan fingerprint density at radius 3 is 2.20 bits per heavy atom. The Labute approximate surface area is 117 Å². The fourth-order valence-corrected chi connectivity index (χ4v) is 2.61. The molecular weight excluding hydrogens is 267 g/mol. The van der Waals surface area contributed by atoms with Gasteiger partial charge in [0.05, 0.1) is 12.0 Å². The molecule has 0 aromatic heterocycles. The second kappa shape index (κ2) is 6.04. The fraction of sp³-hybridized carbons (Fsp3) is 0.600. The van der Waals surface area contributed by atoms with Gasteiger partial charge in [-0.2, -0.15) is 13.2 Å². The van der Waals surface area contributed by atoms with Crippen molar-refractivity contribution in [2.24, 2.45) is 5.92 Å². The van der Waals surface area contributed by atoms with Crippen LogP contribution in [0.4, 0.5) is 18.9 Å². The highest BCUT2D eigenvalue weighted by Crippen LogP contribution is 2.35. The first-order valence-corrected chi connectivity index (χ1v) is 7.01. The van der Waals surface area contributed by atoms with Crippen LogP contribution in [0, 0.1) is 5.92 Å². The van der Waals surface area contributed by atoms with E-state index in [2.05, 4.69) is 0 Å². The molecule has 1 atom stereocenters. The van der Waals surface area contributed by atoms with Gasteiger partial charge in [-0.05, 0) is 37.0 Å². The van der Waals surface area contributed by atoms with Gasteiger partial charge in [0.25, 0.3) is 0 Å². The van der Waals surface area contributed by atoms with E-state index < -0.39 is 18.2 Å². The largest absolute Gasteiger partial charge is 0.391 e. The minimum atomic E-state index is -4.07. The number of nitrogens with zero attached hydrogens (tertiary/aromatic N) is 1. The van der Waals surface area contributed by atoms with Crippen LogP contribution in [0.2, 0.25) is 0 Å². The van der Waals surface area contributed by atoms with Crippen LogP contribution in [0.15, 0.2) is 24.3 Å². The van der Waals surface area contributed by atoms with Gasteiger partial charge in [-0.1, -0.05) is 19.1 Å². The maximum Gasteiger partial charge on any atom is 0.391 e. The normalized spacial score (nSPS) is 19.1. The lowest BCUT2D eigenvalue weighted by Gasteiger charge is -2.34. The van der Waals surface area contributed by atoms with Crippen molar-refractivity contribution in [3.8, 4) is 0 Å². The smallest absolute Gasteiger partial charge is 0.388 e. The Kier molecular flexibility index (Phi) is 4.58. The van der Waals surface area contributed by atoms with E-state index in [1.54, 1.807) is 0 Å². The molecule has 1 aromatic rings. The summed E-state index contributed by atoms with van der Waals surface area (Å²) in [5, 5.41) is 9.72. The molecule has 0 spiro atoms. The first kappa shape index (κ1) is 15.2. The molecular formula is C15H20F3NO.